The molecule has 1 aromatic carbocycles. The van der Waals surface area contributed by atoms with Crippen molar-refractivity contribution in [2.75, 3.05) is 5.32 Å². The van der Waals surface area contributed by atoms with Crippen LogP contribution in [-0.4, -0.2) is 21.8 Å². The van der Waals surface area contributed by atoms with Crippen molar-refractivity contribution in [3.8, 4) is 17.9 Å². The van der Waals surface area contributed by atoms with Crippen LogP contribution >= 0.6 is 0 Å². The lowest BCUT2D eigenvalue weighted by Gasteiger charge is -2.37. The summed E-state index contributed by atoms with van der Waals surface area (Å²) in [5.41, 5.74) is -3.10. The van der Waals surface area contributed by atoms with Gasteiger partial charge in [0.25, 0.3) is 5.56 Å². The summed E-state index contributed by atoms with van der Waals surface area (Å²) < 4.78 is 43.4. The van der Waals surface area contributed by atoms with E-state index < -0.39 is 23.3 Å². The summed E-state index contributed by atoms with van der Waals surface area (Å²) in [6.07, 6.45) is -2.17. The number of nitrogens with zero attached hydrogens (tertiary/aromatic N) is 3. The number of hydrogen-bond donors (Lipinski definition) is 2. The number of nitriles is 1. The highest BCUT2D eigenvalue weighted by molar-refractivity contribution is 5.95. The maximum absolute atomic E-state index is 14.1. The van der Waals surface area contributed by atoms with Crippen LogP contribution in [0.4, 0.5) is 23.7 Å². The summed E-state index contributed by atoms with van der Waals surface area (Å²) in [5.74, 6) is 4.80. The highest BCUT2D eigenvalue weighted by atomic mass is 19.4. The van der Waals surface area contributed by atoms with E-state index in [0.29, 0.717) is 5.56 Å². The summed E-state index contributed by atoms with van der Waals surface area (Å²) in [6, 6.07) is 5.85. The Morgan fingerprint density at radius 1 is 1.27 bits per heavy atom. The molecule has 0 bridgehead atoms. The van der Waals surface area contributed by atoms with E-state index in [4.69, 9.17) is 5.26 Å². The highest BCUT2D eigenvalue weighted by Gasteiger charge is 2.59. The Kier molecular flexibility index (Phi) is 4.50. The normalized spacial score (nSPS) is 20.1. The van der Waals surface area contributed by atoms with Gasteiger partial charge in [0.05, 0.1) is 12.9 Å². The summed E-state index contributed by atoms with van der Waals surface area (Å²) in [6.45, 7) is 0.000884. The van der Waals surface area contributed by atoms with Crippen molar-refractivity contribution in [3.05, 3.63) is 57.8 Å². The number of alkyl halides is 3. The van der Waals surface area contributed by atoms with Crippen molar-refractivity contribution in [3.63, 3.8) is 0 Å². The van der Waals surface area contributed by atoms with Gasteiger partial charge in [0, 0.05) is 23.2 Å². The van der Waals surface area contributed by atoms with E-state index in [1.54, 1.807) is 6.07 Å². The Morgan fingerprint density at radius 3 is 2.67 bits per heavy atom. The van der Waals surface area contributed by atoms with Crippen LogP contribution in [0.1, 0.15) is 29.7 Å². The maximum atomic E-state index is 14.1. The third-order valence-electron chi connectivity index (χ3n) is 4.85. The molecule has 2 N–H and O–H groups in total. The minimum atomic E-state index is -4.84. The Hall–Kier alpha value is -3.79. The van der Waals surface area contributed by atoms with Gasteiger partial charge in [-0.1, -0.05) is 24.0 Å². The average Bonchev–Trinajstić information content (AvgIpc) is 3.51. The Bertz CT molecular complexity index is 1200. The molecule has 1 saturated carbocycles. The first-order valence-electron chi connectivity index (χ1n) is 9.00. The first-order valence-corrected chi connectivity index (χ1v) is 9.00. The molecular formula is C20H14F3N5O2. The number of fused-ring (bicyclic) bond motifs is 1. The zero-order valence-corrected chi connectivity index (χ0v) is 15.4. The number of amides is 2. The number of nitrogens with one attached hydrogen (secondary N) is 2. The van der Waals surface area contributed by atoms with Crippen LogP contribution in [-0.2, 0) is 12.1 Å². The number of urea groups is 1. The molecule has 7 nitrogen and oxygen atoms in total. The van der Waals surface area contributed by atoms with Gasteiger partial charge in [0.2, 0.25) is 5.54 Å². The lowest BCUT2D eigenvalue weighted by Crippen LogP contribution is -2.59. The predicted molar refractivity (Wildman–Crippen MR) is 99.1 cm³/mol. The third kappa shape index (κ3) is 3.48. The van der Waals surface area contributed by atoms with Gasteiger partial charge in [-0.3, -0.25) is 9.36 Å². The van der Waals surface area contributed by atoms with Crippen LogP contribution in [0.2, 0.25) is 0 Å². The number of rotatable bonds is 2. The first kappa shape index (κ1) is 19.5. The van der Waals surface area contributed by atoms with Gasteiger partial charge in [-0.2, -0.15) is 18.4 Å². The van der Waals surface area contributed by atoms with Crippen LogP contribution in [0.25, 0.3) is 0 Å². The second-order valence-electron chi connectivity index (χ2n) is 7.10. The number of hydrogen-bond acceptors (Lipinski definition) is 4. The van der Waals surface area contributed by atoms with E-state index in [1.807, 2.05) is 5.32 Å². The lowest BCUT2D eigenvalue weighted by molar-refractivity contribution is -0.178. The SMILES string of the molecule is N#Cc1cc(=O)n(Cc2ccc3c(c2)NC(=O)N[C@]3(C#CC2CC2)C(F)(F)F)cn1. The number of halogens is 3. The zero-order valence-electron chi connectivity index (χ0n) is 15.4. The molecule has 0 spiro atoms. The molecule has 2 aliphatic rings. The molecule has 1 atom stereocenters. The molecule has 0 saturated heterocycles. The van der Waals surface area contributed by atoms with Crippen LogP contribution in [0.3, 0.4) is 0 Å². The summed E-state index contributed by atoms with van der Waals surface area (Å²) in [5, 5.41) is 13.1. The Labute approximate surface area is 168 Å². The summed E-state index contributed by atoms with van der Waals surface area (Å²) >= 11 is 0. The van der Waals surface area contributed by atoms with Crippen molar-refractivity contribution >= 4 is 11.7 Å². The standard InChI is InChI=1S/C20H14F3N5O2/c21-20(22,23)19(6-5-12-1-2-12)15-4-3-13(7-16(15)26-18(30)27-19)10-28-11-25-14(9-24)8-17(28)29/h3-4,7-8,11-12H,1-2,10H2,(H2,26,27,30)/t19-/m0/s1. The second-order valence-corrected chi connectivity index (χ2v) is 7.10. The lowest BCUT2D eigenvalue weighted by atomic mass is 9.85. The largest absolute Gasteiger partial charge is 0.427 e. The van der Waals surface area contributed by atoms with Crippen LogP contribution in [0.5, 0.6) is 0 Å². The Morgan fingerprint density at radius 2 is 2.03 bits per heavy atom. The topological polar surface area (TPSA) is 99.8 Å². The van der Waals surface area contributed by atoms with Crippen molar-refractivity contribution in [1.82, 2.24) is 14.9 Å². The van der Waals surface area contributed by atoms with E-state index in [-0.39, 0.29) is 29.4 Å². The molecule has 1 aromatic heterocycles. The summed E-state index contributed by atoms with van der Waals surface area (Å²) in [4.78, 5) is 27.9. The van der Waals surface area contributed by atoms with Crippen LogP contribution in [0, 0.1) is 29.1 Å². The molecule has 30 heavy (non-hydrogen) atoms. The molecule has 4 rings (SSSR count). The fraction of sp³-hybridized carbons (Fsp3) is 0.300. The smallest absolute Gasteiger partial charge is 0.310 e. The third-order valence-corrected chi connectivity index (χ3v) is 4.85. The fourth-order valence-electron chi connectivity index (χ4n) is 3.14. The van der Waals surface area contributed by atoms with Gasteiger partial charge in [-0.25, -0.2) is 9.78 Å². The quantitative estimate of drug-likeness (QED) is 0.739. The number of anilines is 1. The minimum Gasteiger partial charge on any atom is -0.310 e. The van der Waals surface area contributed by atoms with Crippen LogP contribution in [0.15, 0.2) is 35.4 Å². The average molecular weight is 413 g/mol. The molecule has 152 valence electrons. The molecule has 0 unspecified atom stereocenters. The van der Waals surface area contributed by atoms with Crippen LogP contribution < -0.4 is 16.2 Å². The molecule has 2 aromatic rings. The number of carbonyl (C=O) groups excluding carboxylic acids is 1. The number of benzene rings is 1. The Balaban J connectivity index is 1.75. The van der Waals surface area contributed by atoms with Crippen molar-refractivity contribution in [1.29, 1.82) is 5.26 Å². The second kappa shape index (κ2) is 6.92. The van der Waals surface area contributed by atoms with E-state index in [0.717, 1.165) is 18.9 Å². The van der Waals surface area contributed by atoms with Gasteiger partial charge >= 0.3 is 12.2 Å². The molecule has 0 radical (unpaired) electrons. The van der Waals surface area contributed by atoms with E-state index in [1.165, 1.54) is 29.1 Å². The van der Waals surface area contributed by atoms with E-state index >= 15 is 0 Å². The predicted octanol–water partition coefficient (Wildman–Crippen LogP) is 2.47. The van der Waals surface area contributed by atoms with Gasteiger partial charge < -0.3 is 10.6 Å². The van der Waals surface area contributed by atoms with Gasteiger partial charge in [-0.05, 0) is 24.5 Å². The van der Waals surface area contributed by atoms with Crippen molar-refractivity contribution in [2.24, 2.45) is 5.92 Å². The molecule has 1 fully saturated rings. The molecule has 2 heterocycles. The molecule has 2 amide bonds. The van der Waals surface area contributed by atoms with Crippen molar-refractivity contribution in [2.45, 2.75) is 31.1 Å². The molecular weight excluding hydrogens is 399 g/mol. The van der Waals surface area contributed by atoms with Gasteiger partial charge in [-0.15, -0.1) is 0 Å². The molecule has 1 aliphatic carbocycles. The van der Waals surface area contributed by atoms with Crippen molar-refractivity contribution < 1.29 is 18.0 Å². The monoisotopic (exact) mass is 413 g/mol. The fourth-order valence-corrected chi connectivity index (χ4v) is 3.14. The molecule has 1 aliphatic heterocycles. The van der Waals surface area contributed by atoms with Gasteiger partial charge in [0.15, 0.2) is 0 Å². The van der Waals surface area contributed by atoms with E-state index in [2.05, 4.69) is 22.1 Å². The summed E-state index contributed by atoms with van der Waals surface area (Å²) in [7, 11) is 0. The van der Waals surface area contributed by atoms with E-state index in [9.17, 15) is 22.8 Å². The highest BCUT2D eigenvalue weighted by Crippen LogP contribution is 2.44. The number of carbonyl (C=O) groups is 1. The van der Waals surface area contributed by atoms with Gasteiger partial charge in [0.1, 0.15) is 11.8 Å². The first-order chi connectivity index (χ1) is 14.2. The minimum absolute atomic E-state index is 0.000884. The number of aromatic nitrogens is 2. The zero-order chi connectivity index (χ0) is 21.5. The molecule has 10 heteroatoms. The maximum Gasteiger partial charge on any atom is 0.427 e.